The van der Waals surface area contributed by atoms with Gasteiger partial charge in [-0.3, -0.25) is 0 Å². The fraction of sp³-hybridized carbons (Fsp3) is 0.280. The number of hydrogen-bond acceptors (Lipinski definition) is 8. The van der Waals surface area contributed by atoms with Gasteiger partial charge in [0.15, 0.2) is 0 Å². The van der Waals surface area contributed by atoms with Crippen LogP contribution in [0.5, 0.6) is 0 Å². The van der Waals surface area contributed by atoms with E-state index in [0.717, 1.165) is 11.6 Å². The fourth-order valence-electron chi connectivity index (χ4n) is 1.78. The van der Waals surface area contributed by atoms with Crippen molar-refractivity contribution in [2.45, 2.75) is 40.6 Å². The number of benzene rings is 1. The van der Waals surface area contributed by atoms with E-state index in [4.69, 9.17) is 14.2 Å². The minimum absolute atomic E-state index is 0.126. The second-order valence-electron chi connectivity index (χ2n) is 6.92. The molecule has 1 aromatic carbocycles. The van der Waals surface area contributed by atoms with Crippen LogP contribution in [0.15, 0.2) is 78.4 Å². The minimum atomic E-state index is -1.36. The summed E-state index contributed by atoms with van der Waals surface area (Å²) in [4.78, 5) is 45.2. The molecule has 0 amide bonds. The van der Waals surface area contributed by atoms with E-state index < -0.39 is 24.2 Å². The van der Waals surface area contributed by atoms with Crippen molar-refractivity contribution in [3.05, 3.63) is 84.0 Å². The molecular weight excluding hydrogens is 428 g/mol. The Morgan fingerprint density at radius 2 is 1.24 bits per heavy atom. The molecule has 33 heavy (non-hydrogen) atoms. The molecule has 0 aromatic heterocycles. The third kappa shape index (κ3) is 12.5. The van der Waals surface area contributed by atoms with Crippen molar-refractivity contribution in [2.24, 2.45) is 0 Å². The van der Waals surface area contributed by atoms with Crippen molar-refractivity contribution in [3.8, 4) is 0 Å². The zero-order valence-corrected chi connectivity index (χ0v) is 19.6. The molecule has 178 valence electrons. The summed E-state index contributed by atoms with van der Waals surface area (Å²) in [5, 5.41) is 0. The Morgan fingerprint density at radius 3 is 1.64 bits per heavy atom. The Labute approximate surface area is 194 Å². The minimum Gasteiger partial charge on any atom is -0.466 e. The maximum atomic E-state index is 11.4. The van der Waals surface area contributed by atoms with E-state index >= 15 is 0 Å². The molecule has 0 bridgehead atoms. The Bertz CT molecular complexity index is 897. The van der Waals surface area contributed by atoms with Crippen molar-refractivity contribution in [2.75, 3.05) is 7.11 Å². The van der Waals surface area contributed by atoms with E-state index in [1.807, 2.05) is 30.3 Å². The van der Waals surface area contributed by atoms with E-state index in [1.54, 1.807) is 6.92 Å². The van der Waals surface area contributed by atoms with Crippen molar-refractivity contribution < 1.29 is 38.1 Å². The Hall–Kier alpha value is -3.94. The zero-order valence-electron chi connectivity index (χ0n) is 19.6. The monoisotopic (exact) mass is 458 g/mol. The number of methoxy groups -OCH3 is 1. The molecule has 0 unspecified atom stereocenters. The summed E-state index contributed by atoms with van der Waals surface area (Å²) in [6, 6.07) is 9.55. The van der Waals surface area contributed by atoms with Crippen molar-refractivity contribution >= 4 is 23.9 Å². The van der Waals surface area contributed by atoms with Crippen LogP contribution >= 0.6 is 0 Å². The van der Waals surface area contributed by atoms with Crippen LogP contribution in [0.2, 0.25) is 0 Å². The van der Waals surface area contributed by atoms with Crippen LogP contribution in [-0.4, -0.2) is 37.3 Å². The molecule has 0 saturated heterocycles. The predicted octanol–water partition coefficient (Wildman–Crippen LogP) is 3.98. The molecule has 0 aliphatic heterocycles. The highest BCUT2D eigenvalue weighted by atomic mass is 16.7. The van der Waals surface area contributed by atoms with Crippen LogP contribution in [0.4, 0.5) is 0 Å². The highest BCUT2D eigenvalue weighted by Gasteiger charge is 2.19. The molecule has 8 heteroatoms. The molecule has 1 aromatic rings. The van der Waals surface area contributed by atoms with Crippen LogP contribution in [0.1, 0.15) is 33.3 Å². The van der Waals surface area contributed by atoms with Crippen LogP contribution in [-0.2, 0) is 44.7 Å². The van der Waals surface area contributed by atoms with E-state index in [9.17, 15) is 19.2 Å². The summed E-state index contributed by atoms with van der Waals surface area (Å²) < 4.78 is 19.2. The van der Waals surface area contributed by atoms with Gasteiger partial charge in [-0.05, 0) is 33.3 Å². The molecule has 0 radical (unpaired) electrons. The third-order valence-corrected chi connectivity index (χ3v) is 3.60. The summed E-state index contributed by atoms with van der Waals surface area (Å²) >= 11 is 0. The number of carbonyl (C=O) groups excluding carboxylic acids is 4. The molecule has 0 spiro atoms. The molecule has 0 fully saturated rings. The maximum absolute atomic E-state index is 11.4. The lowest BCUT2D eigenvalue weighted by Gasteiger charge is -2.16. The molecular formula is C25H30O8. The van der Waals surface area contributed by atoms with Gasteiger partial charge in [0, 0.05) is 28.4 Å². The van der Waals surface area contributed by atoms with Crippen LogP contribution in [0.25, 0.3) is 0 Å². The second-order valence-corrected chi connectivity index (χ2v) is 6.92. The molecule has 0 aliphatic carbocycles. The smallest absolute Gasteiger partial charge is 0.336 e. The highest BCUT2D eigenvalue weighted by molar-refractivity contribution is 5.90. The Morgan fingerprint density at radius 1 is 0.788 bits per heavy atom. The summed E-state index contributed by atoms with van der Waals surface area (Å²) in [5.74, 6) is -2.48. The molecule has 0 saturated carbocycles. The number of hydrogen-bond donors (Lipinski definition) is 0. The highest BCUT2D eigenvalue weighted by Crippen LogP contribution is 2.09. The van der Waals surface area contributed by atoms with Crippen molar-refractivity contribution in [3.63, 3.8) is 0 Å². The first kappa shape index (κ1) is 29.1. The average Bonchev–Trinajstić information content (AvgIpc) is 2.77. The van der Waals surface area contributed by atoms with E-state index in [-0.39, 0.29) is 22.7 Å². The first-order valence-corrected chi connectivity index (χ1v) is 9.75. The van der Waals surface area contributed by atoms with Gasteiger partial charge in [-0.1, -0.05) is 50.1 Å². The molecule has 0 aliphatic rings. The normalized spacial score (nSPS) is 10.2. The van der Waals surface area contributed by atoms with E-state index in [1.165, 1.54) is 27.9 Å². The standard InChI is InChI=1S/C14H18O6.C11H12O2/c1-8(2)12(15)19-11(20-13(16)9(3)4)7-10(5)14(17)18-6;1-9(2)11(12)13-8-10-6-4-3-5-7-10/h7,11H,1,3H2,2,4-6H3;3-7H,1,8H2,2H3. The SMILES string of the molecule is C=C(C)C(=O)OC(C=C(C)C(=O)OC)OC(=O)C(=C)C.C=C(C)C(=O)OCc1ccccc1. The molecule has 0 N–H and O–H groups in total. The van der Waals surface area contributed by atoms with Gasteiger partial charge in [0.1, 0.15) is 6.61 Å². The topological polar surface area (TPSA) is 105 Å². The largest absolute Gasteiger partial charge is 0.466 e. The van der Waals surface area contributed by atoms with Gasteiger partial charge in [-0.25, -0.2) is 19.2 Å². The first-order chi connectivity index (χ1) is 15.4. The van der Waals surface area contributed by atoms with Gasteiger partial charge >= 0.3 is 23.9 Å². The lowest BCUT2D eigenvalue weighted by atomic mass is 10.2. The molecule has 0 heterocycles. The van der Waals surface area contributed by atoms with Gasteiger partial charge in [0.25, 0.3) is 6.29 Å². The van der Waals surface area contributed by atoms with Crippen molar-refractivity contribution in [1.82, 2.24) is 0 Å². The quantitative estimate of drug-likeness (QED) is 0.237. The molecule has 1 rings (SSSR count). The average molecular weight is 459 g/mol. The second kappa shape index (κ2) is 15.0. The van der Waals surface area contributed by atoms with Gasteiger partial charge in [-0.15, -0.1) is 0 Å². The van der Waals surface area contributed by atoms with Gasteiger partial charge in [-0.2, -0.15) is 0 Å². The van der Waals surface area contributed by atoms with E-state index in [2.05, 4.69) is 24.5 Å². The molecule has 8 nitrogen and oxygen atoms in total. The van der Waals surface area contributed by atoms with Gasteiger partial charge in [0.2, 0.25) is 0 Å². The summed E-state index contributed by atoms with van der Waals surface area (Å²) in [7, 11) is 1.20. The fourth-order valence-corrected chi connectivity index (χ4v) is 1.78. The van der Waals surface area contributed by atoms with E-state index in [0.29, 0.717) is 12.2 Å². The summed E-state index contributed by atoms with van der Waals surface area (Å²) in [6.45, 7) is 16.6. The van der Waals surface area contributed by atoms with Gasteiger partial charge in [0.05, 0.1) is 7.11 Å². The predicted molar refractivity (Wildman–Crippen MR) is 122 cm³/mol. The maximum Gasteiger partial charge on any atom is 0.336 e. The number of carbonyl (C=O) groups is 4. The first-order valence-electron chi connectivity index (χ1n) is 9.75. The Balaban J connectivity index is 0.000000676. The lowest BCUT2D eigenvalue weighted by molar-refractivity contribution is -0.174. The zero-order chi connectivity index (χ0) is 25.6. The third-order valence-electron chi connectivity index (χ3n) is 3.60. The van der Waals surface area contributed by atoms with Crippen LogP contribution < -0.4 is 0 Å². The van der Waals surface area contributed by atoms with Crippen LogP contribution in [0.3, 0.4) is 0 Å². The number of ether oxygens (including phenoxy) is 4. The van der Waals surface area contributed by atoms with Gasteiger partial charge < -0.3 is 18.9 Å². The van der Waals surface area contributed by atoms with Crippen LogP contribution in [0, 0.1) is 0 Å². The number of esters is 4. The summed E-state index contributed by atoms with van der Waals surface area (Å²) in [5.41, 5.74) is 1.80. The molecule has 0 atom stereocenters. The lowest BCUT2D eigenvalue weighted by Crippen LogP contribution is -2.24. The number of rotatable bonds is 9. The summed E-state index contributed by atoms with van der Waals surface area (Å²) in [6.07, 6.45) is -0.199. The van der Waals surface area contributed by atoms with Crippen molar-refractivity contribution in [1.29, 1.82) is 0 Å². The Kier molecular flexibility index (Phi) is 13.2.